The summed E-state index contributed by atoms with van der Waals surface area (Å²) in [6.45, 7) is 4.58. The number of hydrogen-bond acceptors (Lipinski definition) is 2. The highest BCUT2D eigenvalue weighted by molar-refractivity contribution is 8.10. The number of carbonyl (C=O) groups excluding carboxylic acids is 2. The van der Waals surface area contributed by atoms with Crippen LogP contribution in [0.4, 0.5) is 0 Å². The summed E-state index contributed by atoms with van der Waals surface area (Å²) in [7, 11) is 1.26. The van der Waals surface area contributed by atoms with E-state index in [2.05, 4.69) is 6.66 Å². The minimum Gasteiger partial charge on any atom is -0.320 e. The Balaban J connectivity index is 2.23. The molecule has 1 aromatic rings. The van der Waals surface area contributed by atoms with Gasteiger partial charge in [-0.15, -0.1) is 0 Å². The molecule has 0 N–H and O–H groups in total. The van der Waals surface area contributed by atoms with Crippen molar-refractivity contribution in [2.75, 3.05) is 13.2 Å². The molecule has 18 heavy (non-hydrogen) atoms. The van der Waals surface area contributed by atoms with Gasteiger partial charge in [0.05, 0.1) is 0 Å². The smallest absolute Gasteiger partial charge is 0.239 e. The van der Waals surface area contributed by atoms with Crippen molar-refractivity contribution in [1.82, 2.24) is 4.67 Å². The van der Waals surface area contributed by atoms with Gasteiger partial charge in [0.15, 0.2) is 5.78 Å². The molecule has 1 amide bonds. The molecular formula is C13H17NO2P2. The van der Waals surface area contributed by atoms with Crippen molar-refractivity contribution in [1.29, 1.82) is 0 Å². The molecule has 1 aliphatic heterocycles. The summed E-state index contributed by atoms with van der Waals surface area (Å²) in [6.07, 6.45) is 0.636. The van der Waals surface area contributed by atoms with Gasteiger partial charge in [-0.25, -0.2) is 0 Å². The molecule has 3 unspecified atom stereocenters. The highest BCUT2D eigenvalue weighted by Crippen LogP contribution is 2.46. The summed E-state index contributed by atoms with van der Waals surface area (Å²) in [5, 5.41) is 0. The second kappa shape index (κ2) is 5.47. The summed E-state index contributed by atoms with van der Waals surface area (Å²) >= 11 is 0. The third-order valence-corrected chi connectivity index (χ3v) is 5.74. The number of carbonyl (C=O) groups is 2. The molecule has 1 saturated heterocycles. The molecule has 1 aromatic carbocycles. The SMILES string of the molecule is CPPN1CCC(C)(C(=O)c2ccccc2)C1=O. The number of hydrogen-bond donors (Lipinski definition) is 0. The van der Waals surface area contributed by atoms with Crippen molar-refractivity contribution >= 4 is 28.4 Å². The van der Waals surface area contributed by atoms with Crippen LogP contribution in [0.5, 0.6) is 0 Å². The number of nitrogens with zero attached hydrogens (tertiary/aromatic N) is 1. The van der Waals surface area contributed by atoms with E-state index in [0.29, 0.717) is 26.9 Å². The Morgan fingerprint density at radius 2 is 2.00 bits per heavy atom. The normalized spacial score (nSPS) is 24.8. The minimum absolute atomic E-state index is 0.00374. The summed E-state index contributed by atoms with van der Waals surface area (Å²) < 4.78 is 1.85. The quantitative estimate of drug-likeness (QED) is 0.483. The van der Waals surface area contributed by atoms with Gasteiger partial charge in [0.1, 0.15) is 5.41 Å². The van der Waals surface area contributed by atoms with Crippen molar-refractivity contribution in [2.24, 2.45) is 5.41 Å². The van der Waals surface area contributed by atoms with E-state index >= 15 is 0 Å². The van der Waals surface area contributed by atoms with Crippen molar-refractivity contribution in [3.63, 3.8) is 0 Å². The molecule has 0 spiro atoms. The van der Waals surface area contributed by atoms with Crippen LogP contribution in [0, 0.1) is 5.41 Å². The molecule has 0 aliphatic carbocycles. The van der Waals surface area contributed by atoms with Gasteiger partial charge in [0.25, 0.3) is 0 Å². The summed E-state index contributed by atoms with van der Waals surface area (Å²) in [6, 6.07) is 9.12. The summed E-state index contributed by atoms with van der Waals surface area (Å²) in [5.74, 6) is -0.0381. The van der Waals surface area contributed by atoms with Crippen LogP contribution in [0.25, 0.3) is 0 Å². The largest absolute Gasteiger partial charge is 0.320 e. The van der Waals surface area contributed by atoms with Crippen LogP contribution in [0.3, 0.4) is 0 Å². The Morgan fingerprint density at radius 3 is 2.61 bits per heavy atom. The second-order valence-electron chi connectivity index (χ2n) is 4.60. The molecule has 96 valence electrons. The molecule has 0 aromatic heterocycles. The van der Waals surface area contributed by atoms with E-state index in [0.717, 1.165) is 8.27 Å². The molecular weight excluding hydrogens is 264 g/mol. The van der Waals surface area contributed by atoms with Crippen molar-refractivity contribution in [3.05, 3.63) is 35.9 Å². The zero-order valence-corrected chi connectivity index (χ0v) is 12.6. The van der Waals surface area contributed by atoms with Crippen LogP contribution >= 0.6 is 16.7 Å². The van der Waals surface area contributed by atoms with Gasteiger partial charge < -0.3 is 4.67 Å². The van der Waals surface area contributed by atoms with Crippen LogP contribution in [0.2, 0.25) is 0 Å². The molecule has 1 heterocycles. The Morgan fingerprint density at radius 1 is 1.33 bits per heavy atom. The van der Waals surface area contributed by atoms with Crippen LogP contribution in [0.15, 0.2) is 30.3 Å². The average Bonchev–Trinajstić information content (AvgIpc) is 2.69. The lowest BCUT2D eigenvalue weighted by Gasteiger charge is -2.21. The second-order valence-corrected chi connectivity index (χ2v) is 8.03. The van der Waals surface area contributed by atoms with E-state index in [1.165, 1.54) is 0 Å². The zero-order valence-electron chi connectivity index (χ0n) is 10.6. The van der Waals surface area contributed by atoms with E-state index in [4.69, 9.17) is 0 Å². The third-order valence-electron chi connectivity index (χ3n) is 3.34. The first-order chi connectivity index (χ1) is 8.59. The molecule has 1 fully saturated rings. The Bertz CT molecular complexity index is 463. The Kier molecular flexibility index (Phi) is 4.14. The maximum absolute atomic E-state index is 12.5. The van der Waals surface area contributed by atoms with Gasteiger partial charge in [-0.05, 0) is 20.0 Å². The molecule has 2 rings (SSSR count). The first kappa shape index (κ1) is 13.6. The predicted molar refractivity (Wildman–Crippen MR) is 77.8 cm³/mol. The van der Waals surface area contributed by atoms with E-state index in [1.807, 2.05) is 22.9 Å². The first-order valence-electron chi connectivity index (χ1n) is 5.94. The van der Waals surface area contributed by atoms with E-state index < -0.39 is 5.41 Å². The summed E-state index contributed by atoms with van der Waals surface area (Å²) in [4.78, 5) is 24.8. The molecule has 3 nitrogen and oxygen atoms in total. The first-order valence-corrected chi connectivity index (χ1v) is 9.38. The van der Waals surface area contributed by atoms with Gasteiger partial charge >= 0.3 is 0 Å². The molecule has 5 heteroatoms. The molecule has 0 saturated carbocycles. The van der Waals surface area contributed by atoms with Crippen molar-refractivity contribution in [3.8, 4) is 0 Å². The van der Waals surface area contributed by atoms with Gasteiger partial charge in [-0.2, -0.15) is 0 Å². The lowest BCUT2D eigenvalue weighted by molar-refractivity contribution is -0.129. The van der Waals surface area contributed by atoms with Crippen LogP contribution in [0.1, 0.15) is 23.7 Å². The van der Waals surface area contributed by atoms with Gasteiger partial charge in [0, 0.05) is 20.5 Å². The maximum Gasteiger partial charge on any atom is 0.239 e. The fraction of sp³-hybridized carbons (Fsp3) is 0.385. The number of benzene rings is 1. The van der Waals surface area contributed by atoms with Gasteiger partial charge in [0.2, 0.25) is 5.91 Å². The topological polar surface area (TPSA) is 37.4 Å². The van der Waals surface area contributed by atoms with Crippen molar-refractivity contribution in [2.45, 2.75) is 13.3 Å². The Hall–Kier alpha value is -0.780. The summed E-state index contributed by atoms with van der Waals surface area (Å²) in [5.41, 5.74) is -0.217. The number of ketones is 1. The van der Waals surface area contributed by atoms with Crippen LogP contribution in [-0.2, 0) is 4.79 Å². The molecule has 3 atom stereocenters. The molecule has 0 bridgehead atoms. The average molecular weight is 281 g/mol. The standard InChI is InChI=1S/C13H17NO2P2/c1-13(8-9-14(12(13)16)18-17-2)11(15)10-6-4-3-5-7-10/h3-7,17-18H,8-9H2,1-2H3. The third kappa shape index (κ3) is 2.35. The predicted octanol–water partition coefficient (Wildman–Crippen LogP) is 2.92. The lowest BCUT2D eigenvalue weighted by atomic mass is 9.81. The van der Waals surface area contributed by atoms with Crippen molar-refractivity contribution < 1.29 is 9.59 Å². The monoisotopic (exact) mass is 281 g/mol. The molecule has 1 aliphatic rings. The maximum atomic E-state index is 12.5. The number of rotatable bonds is 4. The lowest BCUT2D eigenvalue weighted by Crippen LogP contribution is -2.35. The van der Waals surface area contributed by atoms with E-state index in [9.17, 15) is 9.59 Å². The number of Topliss-reactive ketones (excluding diaryl/α,β-unsaturated/α-hetero) is 1. The fourth-order valence-electron chi connectivity index (χ4n) is 2.20. The van der Waals surface area contributed by atoms with Crippen LogP contribution in [-0.4, -0.2) is 29.6 Å². The van der Waals surface area contributed by atoms with Gasteiger partial charge in [-0.3, -0.25) is 9.59 Å². The minimum atomic E-state index is -0.853. The highest BCUT2D eigenvalue weighted by atomic mass is 32.0. The van der Waals surface area contributed by atoms with Crippen LogP contribution < -0.4 is 0 Å². The van der Waals surface area contributed by atoms with E-state index in [-0.39, 0.29) is 11.7 Å². The Labute approximate surface area is 111 Å². The van der Waals surface area contributed by atoms with E-state index in [1.54, 1.807) is 19.1 Å². The zero-order chi connectivity index (χ0) is 13.2. The van der Waals surface area contributed by atoms with Gasteiger partial charge in [-0.1, -0.05) is 38.6 Å². The highest BCUT2D eigenvalue weighted by Gasteiger charge is 2.48. The fourth-order valence-corrected chi connectivity index (χ4v) is 4.49. The number of amides is 1. The molecule has 0 radical (unpaired) electrons.